The zero-order chi connectivity index (χ0) is 9.52. The maximum atomic E-state index is 5.32. The second-order valence-corrected chi connectivity index (χ2v) is 3.66. The number of hydrogen-bond donors (Lipinski definition) is 1. The Morgan fingerprint density at radius 2 is 2.15 bits per heavy atom. The van der Waals surface area contributed by atoms with Crippen molar-refractivity contribution in [1.29, 1.82) is 0 Å². The van der Waals surface area contributed by atoms with Crippen LogP contribution in [0.2, 0.25) is 0 Å². The molecule has 0 radical (unpaired) electrons. The van der Waals surface area contributed by atoms with Gasteiger partial charge in [0, 0.05) is 13.2 Å². The van der Waals surface area contributed by atoms with Crippen LogP contribution in [0.3, 0.4) is 0 Å². The Kier molecular flexibility index (Phi) is 5.35. The summed E-state index contributed by atoms with van der Waals surface area (Å²) in [6.45, 7) is 3.56. The maximum absolute atomic E-state index is 5.32. The molecule has 0 aromatic carbocycles. The molecule has 1 fully saturated rings. The lowest BCUT2D eigenvalue weighted by Gasteiger charge is -2.18. The van der Waals surface area contributed by atoms with Crippen molar-refractivity contribution in [1.82, 2.24) is 5.48 Å². The Bertz CT molecular complexity index is 130. The molecular formula is C10H21NO2. The highest BCUT2D eigenvalue weighted by molar-refractivity contribution is 4.79. The molecule has 2 unspecified atom stereocenters. The SMILES string of the molecule is CCC1CCCC1NOCCOC. The molecule has 1 saturated carbocycles. The third-order valence-electron chi connectivity index (χ3n) is 2.81. The predicted octanol–water partition coefficient (Wildman–Crippen LogP) is 1.73. The zero-order valence-corrected chi connectivity index (χ0v) is 8.71. The van der Waals surface area contributed by atoms with Crippen LogP contribution in [0.15, 0.2) is 0 Å². The number of rotatable bonds is 6. The molecule has 0 aromatic heterocycles. The van der Waals surface area contributed by atoms with Gasteiger partial charge in [-0.15, -0.1) is 0 Å². The molecule has 0 amide bonds. The van der Waals surface area contributed by atoms with Gasteiger partial charge in [0.1, 0.15) is 0 Å². The fraction of sp³-hybridized carbons (Fsp3) is 1.00. The van der Waals surface area contributed by atoms with Gasteiger partial charge in [-0.3, -0.25) is 4.84 Å². The standard InChI is InChI=1S/C10H21NO2/c1-3-9-5-4-6-10(9)11-13-8-7-12-2/h9-11H,3-8H2,1-2H3. The third kappa shape index (κ3) is 3.63. The largest absolute Gasteiger partial charge is 0.382 e. The number of nitrogens with one attached hydrogen (secondary N) is 1. The lowest BCUT2D eigenvalue weighted by atomic mass is 10.0. The highest BCUT2D eigenvalue weighted by Crippen LogP contribution is 2.27. The zero-order valence-electron chi connectivity index (χ0n) is 8.71. The Morgan fingerprint density at radius 3 is 2.85 bits per heavy atom. The predicted molar refractivity (Wildman–Crippen MR) is 52.4 cm³/mol. The van der Waals surface area contributed by atoms with E-state index in [2.05, 4.69) is 12.4 Å². The Hall–Kier alpha value is -0.120. The van der Waals surface area contributed by atoms with Crippen molar-refractivity contribution in [2.75, 3.05) is 20.3 Å². The fourth-order valence-corrected chi connectivity index (χ4v) is 1.97. The van der Waals surface area contributed by atoms with Crippen molar-refractivity contribution in [3.8, 4) is 0 Å². The summed E-state index contributed by atoms with van der Waals surface area (Å²) < 4.78 is 4.89. The second kappa shape index (κ2) is 6.35. The molecule has 2 atom stereocenters. The van der Waals surface area contributed by atoms with Crippen molar-refractivity contribution in [2.24, 2.45) is 5.92 Å². The van der Waals surface area contributed by atoms with E-state index in [0.717, 1.165) is 5.92 Å². The number of ether oxygens (including phenoxy) is 1. The molecule has 0 spiro atoms. The molecule has 0 aliphatic heterocycles. The molecule has 1 N–H and O–H groups in total. The van der Waals surface area contributed by atoms with Crippen LogP contribution in [-0.2, 0) is 9.57 Å². The summed E-state index contributed by atoms with van der Waals surface area (Å²) in [4.78, 5) is 5.32. The summed E-state index contributed by atoms with van der Waals surface area (Å²) in [6.07, 6.45) is 5.20. The van der Waals surface area contributed by atoms with Crippen molar-refractivity contribution in [3.63, 3.8) is 0 Å². The van der Waals surface area contributed by atoms with Gasteiger partial charge < -0.3 is 4.74 Å². The van der Waals surface area contributed by atoms with E-state index >= 15 is 0 Å². The first-order valence-corrected chi connectivity index (χ1v) is 5.24. The van der Waals surface area contributed by atoms with E-state index in [9.17, 15) is 0 Å². The van der Waals surface area contributed by atoms with Crippen LogP contribution in [0.1, 0.15) is 32.6 Å². The first kappa shape index (κ1) is 11.0. The normalized spacial score (nSPS) is 28.2. The molecule has 78 valence electrons. The van der Waals surface area contributed by atoms with E-state index < -0.39 is 0 Å². The van der Waals surface area contributed by atoms with E-state index in [1.807, 2.05) is 0 Å². The minimum absolute atomic E-state index is 0.571. The van der Waals surface area contributed by atoms with Crippen molar-refractivity contribution in [3.05, 3.63) is 0 Å². The average molecular weight is 187 g/mol. The summed E-state index contributed by atoms with van der Waals surface area (Å²) in [5, 5.41) is 0. The Morgan fingerprint density at radius 1 is 1.31 bits per heavy atom. The molecule has 1 aliphatic rings. The van der Waals surface area contributed by atoms with E-state index in [4.69, 9.17) is 9.57 Å². The van der Waals surface area contributed by atoms with E-state index in [0.29, 0.717) is 19.3 Å². The Balaban J connectivity index is 2.06. The highest BCUT2D eigenvalue weighted by Gasteiger charge is 2.25. The monoisotopic (exact) mass is 187 g/mol. The van der Waals surface area contributed by atoms with Gasteiger partial charge >= 0.3 is 0 Å². The fourth-order valence-electron chi connectivity index (χ4n) is 1.97. The quantitative estimate of drug-likeness (QED) is 0.507. The van der Waals surface area contributed by atoms with Crippen LogP contribution in [0.4, 0.5) is 0 Å². The molecular weight excluding hydrogens is 166 g/mol. The average Bonchev–Trinajstić information content (AvgIpc) is 2.60. The molecule has 3 heteroatoms. The van der Waals surface area contributed by atoms with E-state index in [1.54, 1.807) is 7.11 Å². The van der Waals surface area contributed by atoms with E-state index in [-0.39, 0.29) is 0 Å². The topological polar surface area (TPSA) is 30.5 Å². The minimum atomic E-state index is 0.571. The minimum Gasteiger partial charge on any atom is -0.382 e. The smallest absolute Gasteiger partial charge is 0.0915 e. The third-order valence-corrected chi connectivity index (χ3v) is 2.81. The molecule has 13 heavy (non-hydrogen) atoms. The molecule has 0 aromatic rings. The van der Waals surface area contributed by atoms with Crippen molar-refractivity contribution in [2.45, 2.75) is 38.6 Å². The highest BCUT2D eigenvalue weighted by atomic mass is 16.7. The van der Waals surface area contributed by atoms with Gasteiger partial charge in [0.15, 0.2) is 0 Å². The molecule has 1 rings (SSSR count). The number of methoxy groups -OCH3 is 1. The van der Waals surface area contributed by atoms with Gasteiger partial charge in [-0.2, -0.15) is 5.48 Å². The molecule has 1 aliphatic carbocycles. The van der Waals surface area contributed by atoms with Gasteiger partial charge in [-0.25, -0.2) is 0 Å². The van der Waals surface area contributed by atoms with Crippen LogP contribution in [-0.4, -0.2) is 26.4 Å². The lowest BCUT2D eigenvalue weighted by Crippen LogP contribution is -2.33. The maximum Gasteiger partial charge on any atom is 0.0915 e. The van der Waals surface area contributed by atoms with Crippen LogP contribution in [0.5, 0.6) is 0 Å². The van der Waals surface area contributed by atoms with Crippen molar-refractivity contribution >= 4 is 0 Å². The van der Waals surface area contributed by atoms with Gasteiger partial charge in [0.2, 0.25) is 0 Å². The number of hydroxylamine groups is 1. The van der Waals surface area contributed by atoms with Gasteiger partial charge in [-0.1, -0.05) is 19.8 Å². The van der Waals surface area contributed by atoms with Gasteiger partial charge in [0.25, 0.3) is 0 Å². The second-order valence-electron chi connectivity index (χ2n) is 3.66. The summed E-state index contributed by atoms with van der Waals surface area (Å²) in [6, 6.07) is 0.571. The molecule has 0 saturated heterocycles. The van der Waals surface area contributed by atoms with Crippen LogP contribution >= 0.6 is 0 Å². The molecule has 0 bridgehead atoms. The van der Waals surface area contributed by atoms with Gasteiger partial charge in [-0.05, 0) is 18.8 Å². The summed E-state index contributed by atoms with van der Waals surface area (Å²) in [5.41, 5.74) is 3.14. The van der Waals surface area contributed by atoms with Crippen LogP contribution in [0.25, 0.3) is 0 Å². The van der Waals surface area contributed by atoms with E-state index in [1.165, 1.54) is 25.7 Å². The summed E-state index contributed by atoms with van der Waals surface area (Å²) >= 11 is 0. The van der Waals surface area contributed by atoms with Crippen LogP contribution in [0, 0.1) is 5.92 Å². The lowest BCUT2D eigenvalue weighted by molar-refractivity contribution is -0.0188. The number of hydrogen-bond acceptors (Lipinski definition) is 3. The molecule has 0 heterocycles. The summed E-state index contributed by atoms with van der Waals surface area (Å²) in [7, 11) is 1.69. The Labute approximate surface area is 80.7 Å². The van der Waals surface area contributed by atoms with Crippen LogP contribution < -0.4 is 5.48 Å². The summed E-state index contributed by atoms with van der Waals surface area (Å²) in [5.74, 6) is 0.808. The first-order valence-electron chi connectivity index (χ1n) is 5.24. The van der Waals surface area contributed by atoms with Crippen molar-refractivity contribution < 1.29 is 9.57 Å². The molecule has 3 nitrogen and oxygen atoms in total. The van der Waals surface area contributed by atoms with Gasteiger partial charge in [0.05, 0.1) is 13.2 Å². The first-order chi connectivity index (χ1) is 6.38.